The van der Waals surface area contributed by atoms with E-state index in [0.29, 0.717) is 22.6 Å². The van der Waals surface area contributed by atoms with E-state index in [1.807, 2.05) is 30.3 Å². The molecule has 0 fully saturated rings. The molecule has 3 rings (SSSR count). The Balaban J connectivity index is 2.23. The minimum Gasteiger partial charge on any atom is -0.399 e. The first-order chi connectivity index (χ1) is 9.65. The zero-order valence-corrected chi connectivity index (χ0v) is 10.6. The van der Waals surface area contributed by atoms with Crippen LogP contribution in [0.2, 0.25) is 0 Å². The van der Waals surface area contributed by atoms with Crippen LogP contribution in [0.1, 0.15) is 11.1 Å². The molecule has 0 saturated heterocycles. The summed E-state index contributed by atoms with van der Waals surface area (Å²) in [7, 11) is 0. The van der Waals surface area contributed by atoms with E-state index in [1.54, 1.807) is 18.2 Å². The maximum absolute atomic E-state index is 11.7. The summed E-state index contributed by atoms with van der Waals surface area (Å²) in [4.78, 5) is 15.9. The van der Waals surface area contributed by atoms with Gasteiger partial charge in [-0.05, 0) is 18.2 Å². The Morgan fingerprint density at radius 3 is 2.65 bits per heavy atom. The average Bonchev–Trinajstić information content (AvgIpc) is 2.58. The van der Waals surface area contributed by atoms with E-state index in [2.05, 4.69) is 10.3 Å². The van der Waals surface area contributed by atoms with Gasteiger partial charge in [0.15, 0.2) is 0 Å². The van der Waals surface area contributed by atoms with Crippen LogP contribution < -0.4 is 11.1 Å². The molecule has 2 aromatic rings. The number of carbonyl (C=O) groups is 1. The molecule has 4 N–H and O–H groups in total. The van der Waals surface area contributed by atoms with Gasteiger partial charge in [0.25, 0.3) is 5.91 Å². The summed E-state index contributed by atoms with van der Waals surface area (Å²) >= 11 is 0. The molecule has 0 bridgehead atoms. The van der Waals surface area contributed by atoms with Gasteiger partial charge in [-0.25, -0.2) is 4.99 Å². The van der Waals surface area contributed by atoms with Crippen molar-refractivity contribution in [2.24, 2.45) is 4.99 Å². The number of aliphatic hydroxyl groups excluding tert-OH is 1. The molecule has 0 radical (unpaired) electrons. The van der Waals surface area contributed by atoms with Crippen LogP contribution in [0.5, 0.6) is 0 Å². The highest BCUT2D eigenvalue weighted by Crippen LogP contribution is 2.25. The van der Waals surface area contributed by atoms with Crippen molar-refractivity contribution in [1.29, 1.82) is 0 Å². The van der Waals surface area contributed by atoms with E-state index in [0.717, 1.165) is 5.56 Å². The van der Waals surface area contributed by atoms with Crippen LogP contribution >= 0.6 is 0 Å². The van der Waals surface area contributed by atoms with E-state index in [4.69, 9.17) is 5.73 Å². The van der Waals surface area contributed by atoms with Crippen LogP contribution in [0.15, 0.2) is 53.5 Å². The van der Waals surface area contributed by atoms with Crippen LogP contribution in [0, 0.1) is 0 Å². The van der Waals surface area contributed by atoms with Crippen molar-refractivity contribution < 1.29 is 9.90 Å². The predicted molar refractivity (Wildman–Crippen MR) is 77.6 cm³/mol. The summed E-state index contributed by atoms with van der Waals surface area (Å²) in [6, 6.07) is 14.5. The molecule has 1 aliphatic heterocycles. The van der Waals surface area contributed by atoms with Gasteiger partial charge in [-0.3, -0.25) is 4.79 Å². The monoisotopic (exact) mass is 267 g/mol. The van der Waals surface area contributed by atoms with E-state index in [-0.39, 0.29) is 0 Å². The van der Waals surface area contributed by atoms with Gasteiger partial charge in [-0.2, -0.15) is 0 Å². The minimum atomic E-state index is -1.43. The first-order valence-electron chi connectivity index (χ1n) is 6.17. The highest BCUT2D eigenvalue weighted by atomic mass is 16.3. The second-order valence-electron chi connectivity index (χ2n) is 4.51. The van der Waals surface area contributed by atoms with Crippen molar-refractivity contribution in [1.82, 2.24) is 0 Å². The third-order valence-corrected chi connectivity index (χ3v) is 3.09. The van der Waals surface area contributed by atoms with Gasteiger partial charge >= 0.3 is 0 Å². The summed E-state index contributed by atoms with van der Waals surface area (Å²) < 4.78 is 0. The zero-order chi connectivity index (χ0) is 14.1. The molecular weight excluding hydrogens is 254 g/mol. The van der Waals surface area contributed by atoms with Crippen LogP contribution in [-0.4, -0.2) is 23.0 Å². The van der Waals surface area contributed by atoms with Crippen molar-refractivity contribution in [3.05, 3.63) is 59.7 Å². The molecule has 0 aliphatic carbocycles. The SMILES string of the molecule is Nc1ccc2c(c1)C(c1ccccc1)=NC(O)C(=O)N2. The fourth-order valence-corrected chi connectivity index (χ4v) is 2.14. The lowest BCUT2D eigenvalue weighted by atomic mass is 10.00. The summed E-state index contributed by atoms with van der Waals surface area (Å²) in [5.74, 6) is -0.554. The summed E-state index contributed by atoms with van der Waals surface area (Å²) in [6.45, 7) is 0. The highest BCUT2D eigenvalue weighted by molar-refractivity contribution is 6.19. The van der Waals surface area contributed by atoms with Crippen LogP contribution in [0.4, 0.5) is 11.4 Å². The van der Waals surface area contributed by atoms with E-state index < -0.39 is 12.1 Å². The molecule has 5 nitrogen and oxygen atoms in total. The van der Waals surface area contributed by atoms with Gasteiger partial charge in [-0.1, -0.05) is 30.3 Å². The summed E-state index contributed by atoms with van der Waals surface area (Å²) in [6.07, 6.45) is -1.43. The van der Waals surface area contributed by atoms with Crippen LogP contribution in [0.25, 0.3) is 0 Å². The first-order valence-corrected chi connectivity index (χ1v) is 6.17. The summed E-state index contributed by atoms with van der Waals surface area (Å²) in [5, 5.41) is 12.4. The number of carbonyl (C=O) groups excluding carboxylic acids is 1. The standard InChI is InChI=1S/C15H13N3O2/c16-10-6-7-12-11(8-10)13(9-4-2-1-3-5-9)18-15(20)14(19)17-12/h1-8,15,20H,16H2,(H,17,19). The number of anilines is 2. The molecule has 1 heterocycles. The maximum Gasteiger partial charge on any atom is 0.276 e. The number of nitrogens with two attached hydrogens (primary N) is 1. The Hall–Kier alpha value is -2.66. The van der Waals surface area contributed by atoms with Gasteiger partial charge in [-0.15, -0.1) is 0 Å². The number of aliphatic hydroxyl groups is 1. The number of nitrogens with one attached hydrogen (secondary N) is 1. The third-order valence-electron chi connectivity index (χ3n) is 3.09. The number of aliphatic imine (C=N–C) groups is 1. The number of hydrogen-bond donors (Lipinski definition) is 3. The van der Waals surface area contributed by atoms with E-state index in [9.17, 15) is 9.90 Å². The highest BCUT2D eigenvalue weighted by Gasteiger charge is 2.23. The largest absolute Gasteiger partial charge is 0.399 e. The van der Waals surface area contributed by atoms with Gasteiger partial charge in [0, 0.05) is 16.8 Å². The lowest BCUT2D eigenvalue weighted by Crippen LogP contribution is -2.24. The van der Waals surface area contributed by atoms with E-state index >= 15 is 0 Å². The fourth-order valence-electron chi connectivity index (χ4n) is 2.14. The van der Waals surface area contributed by atoms with Crippen molar-refractivity contribution in [2.75, 3.05) is 11.1 Å². The lowest BCUT2D eigenvalue weighted by molar-refractivity contribution is -0.123. The molecule has 5 heteroatoms. The molecule has 0 spiro atoms. The maximum atomic E-state index is 11.7. The number of nitrogen functional groups attached to an aromatic ring is 1. The van der Waals surface area contributed by atoms with Gasteiger partial charge in [0.2, 0.25) is 6.23 Å². The Bertz CT molecular complexity index is 696. The minimum absolute atomic E-state index is 0.541. The Kier molecular flexibility index (Phi) is 2.96. The predicted octanol–water partition coefficient (Wildman–Crippen LogP) is 1.38. The Morgan fingerprint density at radius 2 is 1.90 bits per heavy atom. The molecule has 1 unspecified atom stereocenters. The number of amides is 1. The topological polar surface area (TPSA) is 87.7 Å². The fraction of sp³-hybridized carbons (Fsp3) is 0.0667. The van der Waals surface area contributed by atoms with Gasteiger partial charge in [0.1, 0.15) is 0 Å². The number of rotatable bonds is 1. The number of benzodiazepines with no additional fused rings is 1. The van der Waals surface area contributed by atoms with Crippen molar-refractivity contribution in [3.8, 4) is 0 Å². The Labute approximate surface area is 115 Å². The molecule has 0 saturated carbocycles. The molecule has 1 amide bonds. The van der Waals surface area contributed by atoms with Gasteiger partial charge < -0.3 is 16.2 Å². The Morgan fingerprint density at radius 1 is 1.15 bits per heavy atom. The molecule has 1 atom stereocenters. The number of fused-ring (bicyclic) bond motifs is 1. The molecule has 20 heavy (non-hydrogen) atoms. The van der Waals surface area contributed by atoms with E-state index in [1.165, 1.54) is 0 Å². The van der Waals surface area contributed by atoms with Gasteiger partial charge in [0.05, 0.1) is 11.4 Å². The average molecular weight is 267 g/mol. The zero-order valence-electron chi connectivity index (χ0n) is 10.6. The normalized spacial score (nSPS) is 17.8. The first kappa shape index (κ1) is 12.4. The number of hydrogen-bond acceptors (Lipinski definition) is 4. The molecular formula is C15H13N3O2. The van der Waals surface area contributed by atoms with Crippen LogP contribution in [0.3, 0.4) is 0 Å². The lowest BCUT2D eigenvalue weighted by Gasteiger charge is -2.10. The smallest absolute Gasteiger partial charge is 0.276 e. The molecule has 1 aliphatic rings. The quantitative estimate of drug-likeness (QED) is 0.682. The van der Waals surface area contributed by atoms with Crippen molar-refractivity contribution in [2.45, 2.75) is 6.23 Å². The van der Waals surface area contributed by atoms with Crippen molar-refractivity contribution in [3.63, 3.8) is 0 Å². The third kappa shape index (κ3) is 2.15. The second-order valence-corrected chi connectivity index (χ2v) is 4.51. The summed E-state index contributed by atoms with van der Waals surface area (Å²) in [5.41, 5.74) is 9.02. The molecule has 2 aromatic carbocycles. The number of benzene rings is 2. The molecule has 0 aromatic heterocycles. The second kappa shape index (κ2) is 4.79. The number of nitrogens with zero attached hydrogens (tertiary/aromatic N) is 1. The van der Waals surface area contributed by atoms with Crippen LogP contribution in [-0.2, 0) is 4.79 Å². The molecule has 100 valence electrons. The van der Waals surface area contributed by atoms with Crippen molar-refractivity contribution >= 4 is 23.0 Å².